The summed E-state index contributed by atoms with van der Waals surface area (Å²) in [5.74, 6) is 0.674. The fourth-order valence-electron chi connectivity index (χ4n) is 2.34. The third kappa shape index (κ3) is 4.47. The van der Waals surface area contributed by atoms with Gasteiger partial charge in [0, 0.05) is 32.8 Å². The molecule has 2 aromatic carbocycles. The second-order valence-electron chi connectivity index (χ2n) is 5.45. The normalized spacial score (nSPS) is 11.1. The maximum Gasteiger partial charge on any atom is 0.270 e. The zero-order valence-corrected chi connectivity index (χ0v) is 16.6. The Kier molecular flexibility index (Phi) is 5.79. The van der Waals surface area contributed by atoms with Crippen molar-refractivity contribution in [3.8, 4) is 11.3 Å². The SMILES string of the molecule is O=C(C=Cc1ccc(-c2ccc([N+](=O)[O-])cc2Br)o1)c1ccc(Cl)cc1Cl. The molecular formula is C19H10BrCl2NO4. The molecule has 0 atom stereocenters. The number of non-ortho nitro benzene ring substituents is 1. The Bertz CT molecular complexity index is 1080. The summed E-state index contributed by atoms with van der Waals surface area (Å²) in [6.45, 7) is 0. The Morgan fingerprint density at radius 2 is 1.89 bits per heavy atom. The van der Waals surface area contributed by atoms with Crippen molar-refractivity contribution in [1.82, 2.24) is 0 Å². The molecule has 0 spiro atoms. The van der Waals surface area contributed by atoms with Crippen LogP contribution in [0.15, 0.2) is 63.5 Å². The van der Waals surface area contributed by atoms with Crippen LogP contribution in [0.4, 0.5) is 5.69 Å². The van der Waals surface area contributed by atoms with Gasteiger partial charge in [-0.2, -0.15) is 0 Å². The van der Waals surface area contributed by atoms with Crippen LogP contribution in [-0.4, -0.2) is 10.7 Å². The van der Waals surface area contributed by atoms with Crippen LogP contribution in [0.25, 0.3) is 17.4 Å². The number of hydrogen-bond acceptors (Lipinski definition) is 4. The molecule has 0 saturated heterocycles. The van der Waals surface area contributed by atoms with Crippen molar-refractivity contribution in [1.29, 1.82) is 0 Å². The molecule has 1 aromatic heterocycles. The Morgan fingerprint density at radius 3 is 2.56 bits per heavy atom. The van der Waals surface area contributed by atoms with E-state index in [-0.39, 0.29) is 16.5 Å². The molecule has 0 aliphatic carbocycles. The summed E-state index contributed by atoms with van der Waals surface area (Å²) >= 11 is 15.2. The van der Waals surface area contributed by atoms with E-state index in [9.17, 15) is 14.9 Å². The van der Waals surface area contributed by atoms with Gasteiger partial charge in [-0.25, -0.2) is 0 Å². The number of rotatable bonds is 5. The zero-order valence-electron chi connectivity index (χ0n) is 13.5. The summed E-state index contributed by atoms with van der Waals surface area (Å²) in [7, 11) is 0. The molecule has 0 bridgehead atoms. The highest BCUT2D eigenvalue weighted by atomic mass is 79.9. The molecule has 1 heterocycles. The lowest BCUT2D eigenvalue weighted by molar-refractivity contribution is -0.384. The number of halogens is 3. The van der Waals surface area contributed by atoms with Crippen LogP contribution < -0.4 is 0 Å². The third-order valence-electron chi connectivity index (χ3n) is 3.65. The summed E-state index contributed by atoms with van der Waals surface area (Å²) in [6.07, 6.45) is 2.87. The van der Waals surface area contributed by atoms with Crippen molar-refractivity contribution in [3.63, 3.8) is 0 Å². The van der Waals surface area contributed by atoms with Crippen molar-refractivity contribution in [2.75, 3.05) is 0 Å². The first kappa shape index (κ1) is 19.4. The summed E-state index contributed by atoms with van der Waals surface area (Å²) in [5.41, 5.74) is 0.970. The van der Waals surface area contributed by atoms with E-state index in [2.05, 4.69) is 15.9 Å². The van der Waals surface area contributed by atoms with E-state index in [0.29, 0.717) is 32.1 Å². The van der Waals surface area contributed by atoms with Gasteiger partial charge in [-0.15, -0.1) is 0 Å². The molecule has 0 saturated carbocycles. The van der Waals surface area contributed by atoms with E-state index in [0.717, 1.165) is 0 Å². The van der Waals surface area contributed by atoms with Crippen LogP contribution in [0.3, 0.4) is 0 Å². The van der Waals surface area contributed by atoms with Gasteiger partial charge in [0.25, 0.3) is 5.69 Å². The quantitative estimate of drug-likeness (QED) is 0.179. The Morgan fingerprint density at radius 1 is 1.11 bits per heavy atom. The fraction of sp³-hybridized carbons (Fsp3) is 0. The Hall–Kier alpha value is -2.41. The molecule has 8 heteroatoms. The number of ketones is 1. The van der Waals surface area contributed by atoms with Crippen LogP contribution in [0.2, 0.25) is 10.0 Å². The summed E-state index contributed by atoms with van der Waals surface area (Å²) in [4.78, 5) is 22.6. The molecule has 0 aliphatic heterocycles. The second-order valence-corrected chi connectivity index (χ2v) is 7.14. The molecule has 0 aliphatic rings. The van der Waals surface area contributed by atoms with Gasteiger partial charge in [-0.3, -0.25) is 14.9 Å². The lowest BCUT2D eigenvalue weighted by Crippen LogP contribution is -1.94. The monoisotopic (exact) mass is 465 g/mol. The van der Waals surface area contributed by atoms with E-state index >= 15 is 0 Å². The molecule has 3 aromatic rings. The molecule has 0 unspecified atom stereocenters. The van der Waals surface area contributed by atoms with E-state index in [1.54, 1.807) is 30.3 Å². The van der Waals surface area contributed by atoms with Crippen molar-refractivity contribution in [2.24, 2.45) is 0 Å². The summed E-state index contributed by atoms with van der Waals surface area (Å²) < 4.78 is 6.23. The maximum absolute atomic E-state index is 12.3. The number of hydrogen-bond donors (Lipinski definition) is 0. The van der Waals surface area contributed by atoms with Gasteiger partial charge in [0.1, 0.15) is 11.5 Å². The predicted molar refractivity (Wildman–Crippen MR) is 108 cm³/mol. The Labute approximate surface area is 172 Å². The summed E-state index contributed by atoms with van der Waals surface area (Å²) in [6, 6.07) is 12.4. The van der Waals surface area contributed by atoms with E-state index in [1.807, 2.05) is 0 Å². The maximum atomic E-state index is 12.3. The van der Waals surface area contributed by atoms with E-state index in [1.165, 1.54) is 30.4 Å². The molecule has 5 nitrogen and oxygen atoms in total. The van der Waals surface area contributed by atoms with Crippen molar-refractivity contribution < 1.29 is 14.1 Å². The second kappa shape index (κ2) is 8.08. The largest absolute Gasteiger partial charge is 0.457 e. The zero-order chi connectivity index (χ0) is 19.6. The van der Waals surface area contributed by atoms with Gasteiger partial charge >= 0.3 is 0 Å². The molecule has 3 rings (SSSR count). The minimum Gasteiger partial charge on any atom is -0.457 e. The van der Waals surface area contributed by atoms with Gasteiger partial charge < -0.3 is 4.42 Å². The van der Waals surface area contributed by atoms with Crippen LogP contribution >= 0.6 is 39.1 Å². The molecular weight excluding hydrogens is 457 g/mol. The van der Waals surface area contributed by atoms with Crippen LogP contribution in [0.1, 0.15) is 16.1 Å². The first-order chi connectivity index (χ1) is 12.8. The molecule has 136 valence electrons. The molecule has 0 N–H and O–H groups in total. The standard InChI is InChI=1S/C19H10BrCl2NO4/c20-16-10-12(23(25)26)2-6-14(16)19-8-4-13(27-19)3-7-18(24)15-5-1-11(21)9-17(15)22/h1-10H. The fourth-order valence-corrected chi connectivity index (χ4v) is 3.41. The first-order valence-corrected chi connectivity index (χ1v) is 9.11. The lowest BCUT2D eigenvalue weighted by atomic mass is 10.1. The minimum atomic E-state index is -0.474. The molecule has 0 fully saturated rings. The van der Waals surface area contributed by atoms with Gasteiger partial charge in [0.05, 0.1) is 9.95 Å². The lowest BCUT2D eigenvalue weighted by Gasteiger charge is -2.01. The smallest absolute Gasteiger partial charge is 0.270 e. The van der Waals surface area contributed by atoms with Crippen LogP contribution in [0, 0.1) is 10.1 Å². The van der Waals surface area contributed by atoms with Gasteiger partial charge in [0.2, 0.25) is 0 Å². The highest BCUT2D eigenvalue weighted by molar-refractivity contribution is 9.10. The highest BCUT2D eigenvalue weighted by Crippen LogP contribution is 2.33. The van der Waals surface area contributed by atoms with Gasteiger partial charge in [-0.05, 0) is 64.5 Å². The third-order valence-corrected chi connectivity index (χ3v) is 4.86. The number of allylic oxidation sites excluding steroid dienone is 1. The number of carbonyl (C=O) groups excluding carboxylic acids is 1. The van der Waals surface area contributed by atoms with Gasteiger partial charge in [0.15, 0.2) is 5.78 Å². The average Bonchev–Trinajstić information content (AvgIpc) is 3.08. The van der Waals surface area contributed by atoms with Crippen molar-refractivity contribution in [3.05, 3.63) is 90.6 Å². The van der Waals surface area contributed by atoms with Crippen LogP contribution in [0.5, 0.6) is 0 Å². The number of nitro groups is 1. The number of benzene rings is 2. The van der Waals surface area contributed by atoms with Crippen molar-refractivity contribution >= 4 is 56.7 Å². The van der Waals surface area contributed by atoms with E-state index in [4.69, 9.17) is 27.6 Å². The molecule has 27 heavy (non-hydrogen) atoms. The van der Waals surface area contributed by atoms with E-state index < -0.39 is 4.92 Å². The number of carbonyl (C=O) groups is 1. The number of furan rings is 1. The van der Waals surface area contributed by atoms with Crippen LogP contribution in [-0.2, 0) is 0 Å². The topological polar surface area (TPSA) is 73.3 Å². The predicted octanol–water partition coefficient (Wildman–Crippen LogP) is 6.82. The average molecular weight is 467 g/mol. The highest BCUT2D eigenvalue weighted by Gasteiger charge is 2.13. The Balaban J connectivity index is 1.81. The first-order valence-electron chi connectivity index (χ1n) is 7.57. The van der Waals surface area contributed by atoms with Crippen molar-refractivity contribution in [2.45, 2.75) is 0 Å². The number of nitrogens with zero attached hydrogens (tertiary/aromatic N) is 1. The number of nitro benzene ring substituents is 1. The molecule has 0 radical (unpaired) electrons. The molecule has 0 amide bonds. The summed E-state index contributed by atoms with van der Waals surface area (Å²) in [5, 5.41) is 11.5. The van der Waals surface area contributed by atoms with Gasteiger partial charge in [-0.1, -0.05) is 23.2 Å². The minimum absolute atomic E-state index is 0.0252.